The van der Waals surface area contributed by atoms with Crippen LogP contribution in [0.15, 0.2) is 24.5 Å². The van der Waals surface area contributed by atoms with Crippen LogP contribution in [0.4, 0.5) is 0 Å². The van der Waals surface area contributed by atoms with Gasteiger partial charge in [0.15, 0.2) is 0 Å². The third-order valence-corrected chi connectivity index (χ3v) is 2.56. The minimum absolute atomic E-state index is 0.448. The lowest BCUT2D eigenvalue weighted by molar-refractivity contribution is 0.135. The van der Waals surface area contributed by atoms with Gasteiger partial charge >= 0.3 is 0 Å². The van der Waals surface area contributed by atoms with Gasteiger partial charge in [-0.25, -0.2) is 0 Å². The Morgan fingerprint density at radius 2 is 2.27 bits per heavy atom. The summed E-state index contributed by atoms with van der Waals surface area (Å²) < 4.78 is 0. The van der Waals surface area contributed by atoms with Crippen LogP contribution in [0.3, 0.4) is 0 Å². The van der Waals surface area contributed by atoms with Gasteiger partial charge in [0.05, 0.1) is 6.04 Å². The van der Waals surface area contributed by atoms with Crippen LogP contribution in [0.1, 0.15) is 19.3 Å². The molecule has 0 spiro atoms. The van der Waals surface area contributed by atoms with E-state index in [0.717, 1.165) is 25.0 Å². The second kappa shape index (κ2) is 2.38. The lowest BCUT2D eigenvalue weighted by Gasteiger charge is -2.23. The van der Waals surface area contributed by atoms with Gasteiger partial charge in [-0.05, 0) is 19.3 Å². The van der Waals surface area contributed by atoms with E-state index in [0.29, 0.717) is 12.0 Å². The van der Waals surface area contributed by atoms with Crippen LogP contribution in [0.2, 0.25) is 0 Å². The van der Waals surface area contributed by atoms with E-state index >= 15 is 0 Å². The summed E-state index contributed by atoms with van der Waals surface area (Å²) in [6.45, 7) is 7.82. The number of rotatable bonds is 0. The molecule has 2 atom stereocenters. The molecule has 0 aromatic heterocycles. The van der Waals surface area contributed by atoms with Crippen LogP contribution in [0.25, 0.3) is 0 Å². The summed E-state index contributed by atoms with van der Waals surface area (Å²) in [7, 11) is 0. The van der Waals surface area contributed by atoms with Crippen molar-refractivity contribution in [2.75, 3.05) is 0 Å². The number of hydrogen-bond acceptors (Lipinski definition) is 2. The van der Waals surface area contributed by atoms with Crippen molar-refractivity contribution in [3.8, 4) is 0 Å². The first kappa shape index (κ1) is 6.92. The normalized spacial score (nSPS) is 36.7. The Labute approximate surface area is 66.9 Å². The Kier molecular flexibility index (Phi) is 1.50. The SMILES string of the molecule is C=C1CCC2C(=C)ONC2C1. The molecule has 0 bridgehead atoms. The molecule has 2 nitrogen and oxygen atoms in total. The van der Waals surface area contributed by atoms with Crippen molar-refractivity contribution in [3.63, 3.8) is 0 Å². The maximum atomic E-state index is 5.16. The molecule has 11 heavy (non-hydrogen) atoms. The highest BCUT2D eigenvalue weighted by molar-refractivity contribution is 5.12. The van der Waals surface area contributed by atoms with Crippen molar-refractivity contribution in [1.82, 2.24) is 5.48 Å². The van der Waals surface area contributed by atoms with Gasteiger partial charge < -0.3 is 4.84 Å². The smallest absolute Gasteiger partial charge is 0.121 e. The zero-order chi connectivity index (χ0) is 7.84. The van der Waals surface area contributed by atoms with Gasteiger partial charge in [0.1, 0.15) is 5.76 Å². The molecule has 2 rings (SSSR count). The molecule has 60 valence electrons. The summed E-state index contributed by atoms with van der Waals surface area (Å²) in [4.78, 5) is 5.16. The van der Waals surface area contributed by atoms with Crippen molar-refractivity contribution < 1.29 is 4.84 Å². The fourth-order valence-electron chi connectivity index (χ4n) is 1.85. The first-order chi connectivity index (χ1) is 5.27. The largest absolute Gasteiger partial charge is 0.413 e. The molecule has 0 amide bonds. The highest BCUT2D eigenvalue weighted by Gasteiger charge is 2.35. The Morgan fingerprint density at radius 3 is 3.09 bits per heavy atom. The molecule has 1 saturated carbocycles. The Hall–Kier alpha value is -0.760. The summed E-state index contributed by atoms with van der Waals surface area (Å²) in [5.74, 6) is 1.43. The molecule has 1 aliphatic carbocycles. The van der Waals surface area contributed by atoms with Crippen LogP contribution in [-0.2, 0) is 4.84 Å². The minimum atomic E-state index is 0.448. The van der Waals surface area contributed by atoms with Crippen molar-refractivity contribution in [2.45, 2.75) is 25.3 Å². The molecular formula is C9H13NO. The van der Waals surface area contributed by atoms with Crippen molar-refractivity contribution in [1.29, 1.82) is 0 Å². The summed E-state index contributed by atoms with van der Waals surface area (Å²) in [6.07, 6.45) is 3.32. The number of fused-ring (bicyclic) bond motifs is 1. The standard InChI is InChI=1S/C9H13NO/c1-6-3-4-8-7(2)11-10-9(8)5-6/h8-10H,1-5H2. The van der Waals surface area contributed by atoms with E-state index < -0.39 is 0 Å². The molecule has 2 unspecified atom stereocenters. The first-order valence-corrected chi connectivity index (χ1v) is 4.05. The second-order valence-electron chi connectivity index (χ2n) is 3.39. The van der Waals surface area contributed by atoms with Crippen LogP contribution in [0.5, 0.6) is 0 Å². The van der Waals surface area contributed by atoms with Crippen LogP contribution >= 0.6 is 0 Å². The van der Waals surface area contributed by atoms with Gasteiger partial charge in [-0.2, -0.15) is 5.48 Å². The second-order valence-corrected chi connectivity index (χ2v) is 3.39. The summed E-state index contributed by atoms with van der Waals surface area (Å²) >= 11 is 0. The fourth-order valence-corrected chi connectivity index (χ4v) is 1.85. The molecule has 1 N–H and O–H groups in total. The molecule has 2 fully saturated rings. The lowest BCUT2D eigenvalue weighted by atomic mass is 9.82. The van der Waals surface area contributed by atoms with Crippen LogP contribution < -0.4 is 5.48 Å². The van der Waals surface area contributed by atoms with Crippen LogP contribution in [-0.4, -0.2) is 6.04 Å². The Bertz CT molecular complexity index is 210. The van der Waals surface area contributed by atoms with E-state index in [2.05, 4.69) is 18.6 Å². The average Bonchev–Trinajstić information content (AvgIpc) is 2.32. The average molecular weight is 151 g/mol. The maximum absolute atomic E-state index is 5.16. The fraction of sp³-hybridized carbons (Fsp3) is 0.556. The molecule has 1 heterocycles. The monoisotopic (exact) mass is 151 g/mol. The van der Waals surface area contributed by atoms with E-state index in [1.165, 1.54) is 5.57 Å². The van der Waals surface area contributed by atoms with Gasteiger partial charge in [-0.1, -0.05) is 18.7 Å². The highest BCUT2D eigenvalue weighted by Crippen LogP contribution is 2.35. The number of hydroxylamine groups is 1. The van der Waals surface area contributed by atoms with Gasteiger partial charge in [0, 0.05) is 5.92 Å². The Morgan fingerprint density at radius 1 is 1.45 bits per heavy atom. The zero-order valence-electron chi connectivity index (χ0n) is 6.60. The third-order valence-electron chi connectivity index (χ3n) is 2.56. The summed E-state index contributed by atoms with van der Waals surface area (Å²) in [5.41, 5.74) is 4.31. The van der Waals surface area contributed by atoms with Gasteiger partial charge in [-0.15, -0.1) is 0 Å². The maximum Gasteiger partial charge on any atom is 0.121 e. The summed E-state index contributed by atoms with van der Waals surface area (Å²) in [6, 6.07) is 0.448. The Balaban J connectivity index is 2.11. The van der Waals surface area contributed by atoms with Crippen molar-refractivity contribution >= 4 is 0 Å². The number of hydrogen-bond donors (Lipinski definition) is 1. The van der Waals surface area contributed by atoms with Crippen LogP contribution in [0, 0.1) is 5.92 Å². The number of nitrogens with one attached hydrogen (secondary N) is 1. The quantitative estimate of drug-likeness (QED) is 0.533. The van der Waals surface area contributed by atoms with Gasteiger partial charge in [-0.3, -0.25) is 0 Å². The molecule has 1 aliphatic heterocycles. The highest BCUT2D eigenvalue weighted by atomic mass is 16.7. The molecule has 1 saturated heterocycles. The van der Waals surface area contributed by atoms with E-state index in [1.54, 1.807) is 0 Å². The predicted octanol–water partition coefficient (Wildman–Crippen LogP) is 1.76. The lowest BCUT2D eigenvalue weighted by Crippen LogP contribution is -2.29. The van der Waals surface area contributed by atoms with E-state index in [-0.39, 0.29) is 0 Å². The third kappa shape index (κ3) is 1.07. The molecule has 0 radical (unpaired) electrons. The van der Waals surface area contributed by atoms with E-state index in [4.69, 9.17) is 4.84 Å². The van der Waals surface area contributed by atoms with Gasteiger partial charge in [0.2, 0.25) is 0 Å². The predicted molar refractivity (Wildman–Crippen MR) is 43.6 cm³/mol. The molecule has 2 aliphatic rings. The van der Waals surface area contributed by atoms with Crippen molar-refractivity contribution in [2.24, 2.45) is 5.92 Å². The zero-order valence-corrected chi connectivity index (χ0v) is 6.60. The van der Waals surface area contributed by atoms with Gasteiger partial charge in [0.25, 0.3) is 0 Å². The van der Waals surface area contributed by atoms with Crippen molar-refractivity contribution in [3.05, 3.63) is 24.5 Å². The minimum Gasteiger partial charge on any atom is -0.413 e. The molecule has 0 aromatic carbocycles. The van der Waals surface area contributed by atoms with E-state index in [9.17, 15) is 0 Å². The van der Waals surface area contributed by atoms with E-state index in [1.807, 2.05) is 0 Å². The molecule has 2 heteroatoms. The molecular weight excluding hydrogens is 138 g/mol. The summed E-state index contributed by atoms with van der Waals surface area (Å²) in [5, 5.41) is 0. The first-order valence-electron chi connectivity index (χ1n) is 4.05. The topological polar surface area (TPSA) is 21.3 Å². The molecule has 0 aromatic rings.